The summed E-state index contributed by atoms with van der Waals surface area (Å²) in [4.78, 5) is 12.6. The number of anilines is 1. The van der Waals surface area contributed by atoms with Gasteiger partial charge in [0.25, 0.3) is 0 Å². The van der Waals surface area contributed by atoms with Gasteiger partial charge in [-0.3, -0.25) is 9.36 Å². The second kappa shape index (κ2) is 9.83. The second-order valence-corrected chi connectivity index (χ2v) is 8.83. The maximum atomic E-state index is 12.6. The number of carbonyl (C=O) groups is 1. The third-order valence-electron chi connectivity index (χ3n) is 5.19. The molecule has 0 bridgehead atoms. The van der Waals surface area contributed by atoms with Gasteiger partial charge in [0, 0.05) is 17.8 Å². The number of rotatable bonds is 7. The fourth-order valence-corrected chi connectivity index (χ4v) is 4.28. The molecule has 0 aliphatic rings. The Kier molecular flexibility index (Phi) is 6.71. The van der Waals surface area contributed by atoms with Gasteiger partial charge in [0.15, 0.2) is 5.16 Å². The molecular weight excluding hydrogens is 416 g/mol. The highest BCUT2D eigenvalue weighted by atomic mass is 32.2. The first-order chi connectivity index (χ1) is 15.5. The van der Waals surface area contributed by atoms with Crippen molar-refractivity contribution in [2.24, 2.45) is 0 Å². The van der Waals surface area contributed by atoms with Gasteiger partial charge < -0.3 is 5.32 Å². The van der Waals surface area contributed by atoms with Gasteiger partial charge in [-0.15, -0.1) is 10.2 Å². The standard InChI is InChI=1S/C26H26N4OS/c1-18-9-12-22(13-10-18)30-24(16-21-7-5-4-6-8-21)28-29-26(30)32-17-25(31)27-23-14-11-19(2)15-20(23)3/h4-15H,16-17H2,1-3H3,(H,27,31). The fraction of sp³-hybridized carbons (Fsp3) is 0.192. The summed E-state index contributed by atoms with van der Waals surface area (Å²) in [5.74, 6) is 1.03. The lowest BCUT2D eigenvalue weighted by Crippen LogP contribution is -2.15. The van der Waals surface area contributed by atoms with Gasteiger partial charge in [-0.2, -0.15) is 0 Å². The van der Waals surface area contributed by atoms with E-state index in [1.165, 1.54) is 22.9 Å². The van der Waals surface area contributed by atoms with Crippen molar-refractivity contribution in [2.45, 2.75) is 32.3 Å². The van der Waals surface area contributed by atoms with Gasteiger partial charge in [-0.05, 0) is 50.1 Å². The lowest BCUT2D eigenvalue weighted by Gasteiger charge is -2.12. The van der Waals surface area contributed by atoms with E-state index in [-0.39, 0.29) is 11.7 Å². The van der Waals surface area contributed by atoms with E-state index in [1.807, 2.05) is 48.7 Å². The minimum absolute atomic E-state index is 0.0648. The van der Waals surface area contributed by atoms with Crippen LogP contribution in [0.15, 0.2) is 78.0 Å². The largest absolute Gasteiger partial charge is 0.325 e. The van der Waals surface area contributed by atoms with Crippen LogP contribution in [-0.2, 0) is 11.2 Å². The Balaban J connectivity index is 1.55. The molecule has 0 radical (unpaired) electrons. The lowest BCUT2D eigenvalue weighted by molar-refractivity contribution is -0.113. The molecule has 32 heavy (non-hydrogen) atoms. The predicted octanol–water partition coefficient (Wildman–Crippen LogP) is 5.51. The average Bonchev–Trinajstić information content (AvgIpc) is 3.18. The minimum atomic E-state index is -0.0648. The summed E-state index contributed by atoms with van der Waals surface area (Å²) >= 11 is 1.39. The molecule has 3 aromatic carbocycles. The van der Waals surface area contributed by atoms with Crippen LogP contribution in [0.25, 0.3) is 5.69 Å². The van der Waals surface area contributed by atoms with Crippen molar-refractivity contribution in [3.63, 3.8) is 0 Å². The predicted molar refractivity (Wildman–Crippen MR) is 131 cm³/mol. The summed E-state index contributed by atoms with van der Waals surface area (Å²) in [6, 6.07) is 24.5. The van der Waals surface area contributed by atoms with E-state index in [4.69, 9.17) is 0 Å². The van der Waals surface area contributed by atoms with E-state index in [0.717, 1.165) is 28.3 Å². The highest BCUT2D eigenvalue weighted by Gasteiger charge is 2.16. The molecule has 6 heteroatoms. The summed E-state index contributed by atoms with van der Waals surface area (Å²) in [7, 11) is 0. The molecule has 0 unspecified atom stereocenters. The quantitative estimate of drug-likeness (QED) is 0.383. The van der Waals surface area contributed by atoms with Crippen LogP contribution >= 0.6 is 11.8 Å². The highest BCUT2D eigenvalue weighted by Crippen LogP contribution is 2.24. The Morgan fingerprint density at radius 3 is 2.34 bits per heavy atom. The molecule has 0 atom stereocenters. The van der Waals surface area contributed by atoms with E-state index in [1.54, 1.807) is 0 Å². The van der Waals surface area contributed by atoms with E-state index >= 15 is 0 Å². The summed E-state index contributed by atoms with van der Waals surface area (Å²) in [5.41, 5.74) is 6.41. The summed E-state index contributed by atoms with van der Waals surface area (Å²) in [5, 5.41) is 12.6. The Labute approximate surface area is 192 Å². The summed E-state index contributed by atoms with van der Waals surface area (Å²) < 4.78 is 2.04. The molecule has 0 aliphatic heterocycles. The zero-order chi connectivity index (χ0) is 22.5. The number of hydrogen-bond donors (Lipinski definition) is 1. The molecule has 0 aliphatic carbocycles. The van der Waals surface area contributed by atoms with Crippen LogP contribution < -0.4 is 5.32 Å². The normalized spacial score (nSPS) is 10.8. The molecule has 1 heterocycles. The first-order valence-corrected chi connectivity index (χ1v) is 11.5. The van der Waals surface area contributed by atoms with Gasteiger partial charge in [-0.1, -0.05) is 77.5 Å². The van der Waals surface area contributed by atoms with Crippen molar-refractivity contribution in [3.05, 3.63) is 101 Å². The van der Waals surface area contributed by atoms with Crippen molar-refractivity contribution in [1.82, 2.24) is 14.8 Å². The Hall–Kier alpha value is -3.38. The fourth-order valence-electron chi connectivity index (χ4n) is 3.51. The lowest BCUT2D eigenvalue weighted by atomic mass is 10.1. The number of aryl methyl sites for hydroxylation is 3. The van der Waals surface area contributed by atoms with Crippen LogP contribution in [0.1, 0.15) is 28.1 Å². The Morgan fingerprint density at radius 2 is 1.62 bits per heavy atom. The van der Waals surface area contributed by atoms with Crippen LogP contribution in [0, 0.1) is 20.8 Å². The first-order valence-electron chi connectivity index (χ1n) is 10.5. The SMILES string of the molecule is Cc1ccc(-n2c(Cc3ccccc3)nnc2SCC(=O)Nc2ccc(C)cc2C)cc1. The van der Waals surface area contributed by atoms with Crippen molar-refractivity contribution >= 4 is 23.4 Å². The van der Waals surface area contributed by atoms with E-state index in [9.17, 15) is 4.79 Å². The van der Waals surface area contributed by atoms with Crippen LogP contribution in [-0.4, -0.2) is 26.4 Å². The average molecular weight is 443 g/mol. The third kappa shape index (κ3) is 5.26. The second-order valence-electron chi connectivity index (χ2n) is 7.89. The summed E-state index contributed by atoms with van der Waals surface area (Å²) in [6.45, 7) is 6.10. The number of hydrogen-bond acceptors (Lipinski definition) is 4. The number of amides is 1. The number of nitrogens with zero attached hydrogens (tertiary/aromatic N) is 3. The zero-order valence-corrected chi connectivity index (χ0v) is 19.3. The van der Waals surface area contributed by atoms with Crippen molar-refractivity contribution in [2.75, 3.05) is 11.1 Å². The molecule has 1 amide bonds. The van der Waals surface area contributed by atoms with E-state index in [0.29, 0.717) is 11.6 Å². The van der Waals surface area contributed by atoms with E-state index in [2.05, 4.69) is 64.9 Å². The van der Waals surface area contributed by atoms with Crippen LogP contribution in [0.5, 0.6) is 0 Å². The van der Waals surface area contributed by atoms with Crippen molar-refractivity contribution in [1.29, 1.82) is 0 Å². The Morgan fingerprint density at radius 1 is 0.906 bits per heavy atom. The molecule has 0 saturated heterocycles. The molecule has 0 saturated carbocycles. The Bertz CT molecular complexity index is 1220. The molecule has 1 N–H and O–H groups in total. The molecule has 0 fully saturated rings. The molecule has 4 aromatic rings. The molecular formula is C26H26N4OS. The number of thioether (sulfide) groups is 1. The topological polar surface area (TPSA) is 59.8 Å². The maximum Gasteiger partial charge on any atom is 0.234 e. The van der Waals surface area contributed by atoms with Gasteiger partial charge in [0.05, 0.1) is 5.75 Å². The zero-order valence-electron chi connectivity index (χ0n) is 18.5. The highest BCUT2D eigenvalue weighted by molar-refractivity contribution is 7.99. The van der Waals surface area contributed by atoms with Gasteiger partial charge >= 0.3 is 0 Å². The molecule has 5 nitrogen and oxygen atoms in total. The molecule has 1 aromatic heterocycles. The maximum absolute atomic E-state index is 12.6. The molecule has 4 rings (SSSR count). The minimum Gasteiger partial charge on any atom is -0.325 e. The van der Waals surface area contributed by atoms with Crippen LogP contribution in [0.4, 0.5) is 5.69 Å². The van der Waals surface area contributed by atoms with Crippen LogP contribution in [0.3, 0.4) is 0 Å². The number of benzene rings is 3. The van der Waals surface area contributed by atoms with Crippen LogP contribution in [0.2, 0.25) is 0 Å². The molecule has 162 valence electrons. The third-order valence-corrected chi connectivity index (χ3v) is 6.11. The van der Waals surface area contributed by atoms with Gasteiger partial charge in [-0.25, -0.2) is 0 Å². The van der Waals surface area contributed by atoms with Crippen molar-refractivity contribution in [3.8, 4) is 5.69 Å². The van der Waals surface area contributed by atoms with Crippen molar-refractivity contribution < 1.29 is 4.79 Å². The first kappa shape index (κ1) is 21.8. The summed E-state index contributed by atoms with van der Waals surface area (Å²) in [6.07, 6.45) is 0.664. The number of carbonyl (C=O) groups excluding carboxylic acids is 1. The molecule has 0 spiro atoms. The number of aromatic nitrogens is 3. The van der Waals surface area contributed by atoms with Gasteiger partial charge in [0.1, 0.15) is 5.82 Å². The number of nitrogens with one attached hydrogen (secondary N) is 1. The smallest absolute Gasteiger partial charge is 0.234 e. The monoisotopic (exact) mass is 442 g/mol. The van der Waals surface area contributed by atoms with E-state index < -0.39 is 0 Å². The van der Waals surface area contributed by atoms with Gasteiger partial charge in [0.2, 0.25) is 5.91 Å².